The summed E-state index contributed by atoms with van der Waals surface area (Å²) < 4.78 is 6.99. The van der Waals surface area contributed by atoms with Gasteiger partial charge in [0.05, 0.1) is 0 Å². The van der Waals surface area contributed by atoms with E-state index in [0.29, 0.717) is 0 Å². The maximum absolute atomic E-state index is 6.99. The normalized spacial score (nSPS) is 17.4. The molecule has 0 fully saturated rings. The fraction of sp³-hybridized carbons (Fsp3) is 0.377. The summed E-state index contributed by atoms with van der Waals surface area (Å²) in [5, 5.41) is 2.28. The fourth-order valence-electron chi connectivity index (χ4n) is 15.2. The highest BCUT2D eigenvalue weighted by molar-refractivity contribution is 7.00. The summed E-state index contributed by atoms with van der Waals surface area (Å²) in [5.41, 5.74) is 29.1. The SMILES string of the molecule is Cc1cc2c3c(c1)N(c1cc4c(cc1C)C(C)(C)CCC4(C)C)c1cc4c(cc1B3c1ccc(N(c3ccc(C(C)(C)C)cc3)c3ccc(C(C)(C)C)cc3)cc1N2c1ccc2c(c1)oc1cc(C(C)(C)C)ccc12)C(C)(C)CC4(C)C. The van der Waals surface area contributed by atoms with Crippen molar-refractivity contribution >= 4 is 96.2 Å². The quantitative estimate of drug-likeness (QED) is 0.160. The largest absolute Gasteiger partial charge is 0.456 e. The van der Waals surface area contributed by atoms with Crippen LogP contribution in [0.5, 0.6) is 0 Å². The van der Waals surface area contributed by atoms with E-state index in [1.54, 1.807) is 0 Å². The van der Waals surface area contributed by atoms with Gasteiger partial charge in [0, 0.05) is 68.0 Å². The molecule has 0 atom stereocenters. The lowest BCUT2D eigenvalue weighted by atomic mass is 9.33. The third-order valence-electron chi connectivity index (χ3n) is 19.9. The first-order chi connectivity index (χ1) is 38.3. The van der Waals surface area contributed by atoms with Crippen LogP contribution in [0.1, 0.15) is 187 Å². The van der Waals surface area contributed by atoms with Crippen LogP contribution < -0.4 is 31.1 Å². The Morgan fingerprint density at radius 3 is 1.45 bits per heavy atom. The van der Waals surface area contributed by atoms with Crippen molar-refractivity contribution in [2.24, 2.45) is 0 Å². The molecule has 418 valence electrons. The number of rotatable bonds is 5. The van der Waals surface area contributed by atoms with Crippen LogP contribution in [0, 0.1) is 13.8 Å². The van der Waals surface area contributed by atoms with Gasteiger partial charge in [-0.2, -0.15) is 0 Å². The minimum absolute atomic E-state index is 0.00102. The van der Waals surface area contributed by atoms with Crippen LogP contribution in [0.2, 0.25) is 0 Å². The van der Waals surface area contributed by atoms with E-state index in [2.05, 4.69) is 286 Å². The molecule has 0 bridgehead atoms. The molecule has 8 aromatic carbocycles. The number of benzene rings is 8. The lowest BCUT2D eigenvalue weighted by Crippen LogP contribution is -2.61. The maximum atomic E-state index is 6.99. The highest BCUT2D eigenvalue weighted by atomic mass is 16.3. The van der Waals surface area contributed by atoms with Crippen molar-refractivity contribution in [3.63, 3.8) is 0 Å². The summed E-state index contributed by atoms with van der Waals surface area (Å²) in [6.45, 7) is 45.0. The second-order valence-corrected chi connectivity index (χ2v) is 31.1. The first kappa shape index (κ1) is 54.3. The summed E-state index contributed by atoms with van der Waals surface area (Å²) in [6.07, 6.45) is 3.44. The van der Waals surface area contributed by atoms with Crippen LogP contribution in [0.15, 0.2) is 144 Å². The third-order valence-corrected chi connectivity index (χ3v) is 19.9. The molecule has 4 aliphatic rings. The molecule has 0 saturated heterocycles. The Bertz CT molecular complexity index is 4050. The summed E-state index contributed by atoms with van der Waals surface area (Å²) in [5.74, 6) is 0. The minimum atomic E-state index is -0.0494. The van der Waals surface area contributed by atoms with E-state index < -0.39 is 0 Å². The van der Waals surface area contributed by atoms with Gasteiger partial charge in [0.15, 0.2) is 0 Å². The van der Waals surface area contributed by atoms with Crippen LogP contribution in [0.25, 0.3) is 21.9 Å². The molecule has 0 N–H and O–H groups in total. The highest BCUT2D eigenvalue weighted by Gasteiger charge is 2.49. The molecule has 0 spiro atoms. The van der Waals surface area contributed by atoms with Crippen molar-refractivity contribution in [2.45, 2.75) is 189 Å². The zero-order valence-electron chi connectivity index (χ0n) is 52.7. The van der Waals surface area contributed by atoms with Crippen LogP contribution in [-0.4, -0.2) is 6.71 Å². The van der Waals surface area contributed by atoms with Gasteiger partial charge in [-0.3, -0.25) is 0 Å². The lowest BCUT2D eigenvalue weighted by Gasteiger charge is -2.46. The summed E-state index contributed by atoms with van der Waals surface area (Å²) in [6, 6.07) is 55.2. The third kappa shape index (κ3) is 8.51. The molecule has 82 heavy (non-hydrogen) atoms. The van der Waals surface area contributed by atoms with Gasteiger partial charge in [0.25, 0.3) is 6.71 Å². The van der Waals surface area contributed by atoms with Gasteiger partial charge < -0.3 is 19.1 Å². The van der Waals surface area contributed by atoms with E-state index in [0.717, 1.165) is 57.5 Å². The molecule has 9 aromatic rings. The average Bonchev–Trinajstić information content (AvgIpc) is 1.18. The average molecular weight is 1080 g/mol. The van der Waals surface area contributed by atoms with E-state index in [1.165, 1.54) is 101 Å². The number of hydrogen-bond acceptors (Lipinski definition) is 4. The Morgan fingerprint density at radius 2 is 0.878 bits per heavy atom. The van der Waals surface area contributed by atoms with Crippen molar-refractivity contribution in [3.05, 3.63) is 190 Å². The van der Waals surface area contributed by atoms with E-state index in [1.807, 2.05) is 0 Å². The summed E-state index contributed by atoms with van der Waals surface area (Å²) in [4.78, 5) is 7.77. The summed E-state index contributed by atoms with van der Waals surface area (Å²) >= 11 is 0. The van der Waals surface area contributed by atoms with Gasteiger partial charge in [-0.1, -0.05) is 172 Å². The topological polar surface area (TPSA) is 22.9 Å². The predicted molar refractivity (Wildman–Crippen MR) is 354 cm³/mol. The van der Waals surface area contributed by atoms with Gasteiger partial charge in [-0.25, -0.2) is 0 Å². The van der Waals surface area contributed by atoms with Crippen molar-refractivity contribution in [2.75, 3.05) is 14.7 Å². The molecule has 4 nitrogen and oxygen atoms in total. The molecule has 0 radical (unpaired) electrons. The molecule has 1 aromatic heterocycles. The van der Waals surface area contributed by atoms with Gasteiger partial charge >= 0.3 is 0 Å². The standard InChI is InChI=1S/C77H86BN3O/c1-46-36-66-70-67(37-46)81(63-43-59-57(38-47(63)2)74(12,13)34-35-75(59,14)15)65-44-60-58(76(16,17)45-77(60,18)19)42-62(65)78(70)61-33-30-53(79(51-25-20-48(21-26-51)71(3,4)5)52-27-22-49(23-28-52)72(6,7)8)40-64(61)80(66)54-29-32-56-55-31-24-50(73(9,10)11)39-68(55)82-69(56)41-54/h20-33,36-44H,34-35,45H2,1-19H3. The van der Waals surface area contributed by atoms with Gasteiger partial charge in [-0.15, -0.1) is 0 Å². The molecule has 2 aliphatic carbocycles. The van der Waals surface area contributed by atoms with Crippen molar-refractivity contribution in [1.29, 1.82) is 0 Å². The Labute approximate surface area is 491 Å². The fourth-order valence-corrected chi connectivity index (χ4v) is 15.2. The van der Waals surface area contributed by atoms with Crippen molar-refractivity contribution in [3.8, 4) is 0 Å². The van der Waals surface area contributed by atoms with E-state index in [-0.39, 0.29) is 44.6 Å². The van der Waals surface area contributed by atoms with Crippen molar-refractivity contribution < 1.29 is 4.42 Å². The number of nitrogens with zero attached hydrogens (tertiary/aromatic N) is 3. The van der Waals surface area contributed by atoms with E-state index in [9.17, 15) is 0 Å². The van der Waals surface area contributed by atoms with Gasteiger partial charge in [-0.05, 0) is 216 Å². The molecular formula is C77H86BN3O. The van der Waals surface area contributed by atoms with Gasteiger partial charge in [0.2, 0.25) is 0 Å². The lowest BCUT2D eigenvalue weighted by molar-refractivity contribution is 0.332. The Balaban J connectivity index is 1.11. The summed E-state index contributed by atoms with van der Waals surface area (Å²) in [7, 11) is 0. The van der Waals surface area contributed by atoms with Crippen molar-refractivity contribution in [1.82, 2.24) is 0 Å². The molecule has 2 aliphatic heterocycles. The van der Waals surface area contributed by atoms with E-state index >= 15 is 0 Å². The Hall–Kier alpha value is -6.98. The number of aryl methyl sites for hydroxylation is 2. The second-order valence-electron chi connectivity index (χ2n) is 31.1. The van der Waals surface area contributed by atoms with Crippen LogP contribution in [0.3, 0.4) is 0 Å². The first-order valence-corrected chi connectivity index (χ1v) is 30.5. The van der Waals surface area contributed by atoms with Crippen LogP contribution in [-0.2, 0) is 37.9 Å². The molecule has 5 heteroatoms. The molecular weight excluding hydrogens is 994 g/mol. The Kier molecular flexibility index (Phi) is 11.8. The first-order valence-electron chi connectivity index (χ1n) is 30.5. The molecule has 13 rings (SSSR count). The molecule has 0 saturated carbocycles. The smallest absolute Gasteiger partial charge is 0.252 e. The maximum Gasteiger partial charge on any atom is 0.252 e. The minimum Gasteiger partial charge on any atom is -0.456 e. The zero-order chi connectivity index (χ0) is 58.3. The van der Waals surface area contributed by atoms with Gasteiger partial charge in [0.1, 0.15) is 11.2 Å². The second kappa shape index (κ2) is 17.8. The number of furan rings is 1. The molecule has 0 amide bonds. The number of fused-ring (bicyclic) bond motifs is 9. The van der Waals surface area contributed by atoms with Crippen LogP contribution in [0.4, 0.5) is 51.2 Å². The zero-order valence-corrected chi connectivity index (χ0v) is 52.7. The molecule has 3 heterocycles. The Morgan fingerprint density at radius 1 is 0.415 bits per heavy atom. The highest BCUT2D eigenvalue weighted by Crippen LogP contribution is 2.55. The predicted octanol–water partition coefficient (Wildman–Crippen LogP) is 20.0. The molecule has 0 unspecified atom stereocenters. The van der Waals surface area contributed by atoms with Crippen LogP contribution >= 0.6 is 0 Å². The number of anilines is 9. The van der Waals surface area contributed by atoms with E-state index in [4.69, 9.17) is 4.42 Å². The number of hydrogen-bond donors (Lipinski definition) is 0. The monoisotopic (exact) mass is 1080 g/mol.